The topological polar surface area (TPSA) is 90.7 Å². The summed E-state index contributed by atoms with van der Waals surface area (Å²) in [6, 6.07) is 8.50. The third-order valence-electron chi connectivity index (χ3n) is 6.83. The standard InChI is InChI=1S/C26H37N5O2S/c1-2-19-7-9-20(10-8-19)17-31-16-11-21-22(18-31)34-25(23(21)24(27)32)29-26(33)28-12-3-4-13-30-14-5-6-15-30/h7-10H,2-6,11-18H2,1H3,(H2,27,32)(H2,28,29,33). The van der Waals surface area contributed by atoms with Gasteiger partial charge in [-0.1, -0.05) is 31.2 Å². The smallest absolute Gasteiger partial charge is 0.319 e. The number of primary amides is 1. The molecule has 3 heterocycles. The lowest BCUT2D eigenvalue weighted by Crippen LogP contribution is -2.31. The van der Waals surface area contributed by atoms with Crippen LogP contribution in [0.25, 0.3) is 0 Å². The van der Waals surface area contributed by atoms with Crippen molar-refractivity contribution in [3.63, 3.8) is 0 Å². The molecule has 1 fully saturated rings. The molecule has 1 aromatic heterocycles. The molecule has 0 spiro atoms. The summed E-state index contributed by atoms with van der Waals surface area (Å²) in [6.07, 6.45) is 6.44. The average Bonchev–Trinajstić information content (AvgIpc) is 3.46. The number of carbonyl (C=O) groups is 2. The van der Waals surface area contributed by atoms with Gasteiger partial charge < -0.3 is 16.0 Å². The van der Waals surface area contributed by atoms with E-state index < -0.39 is 5.91 Å². The quantitative estimate of drug-likeness (QED) is 0.446. The Balaban J connectivity index is 1.30. The van der Waals surface area contributed by atoms with Crippen molar-refractivity contribution >= 4 is 28.3 Å². The van der Waals surface area contributed by atoms with E-state index in [2.05, 4.69) is 51.6 Å². The zero-order valence-corrected chi connectivity index (χ0v) is 21.0. The van der Waals surface area contributed by atoms with Crippen LogP contribution >= 0.6 is 11.3 Å². The van der Waals surface area contributed by atoms with Crippen molar-refractivity contribution in [2.24, 2.45) is 5.73 Å². The minimum absolute atomic E-state index is 0.268. The Labute approximate surface area is 206 Å². The van der Waals surface area contributed by atoms with Crippen LogP contribution in [-0.2, 0) is 25.9 Å². The van der Waals surface area contributed by atoms with Crippen LogP contribution in [0.4, 0.5) is 9.80 Å². The van der Waals surface area contributed by atoms with Gasteiger partial charge in [0.25, 0.3) is 5.91 Å². The summed E-state index contributed by atoms with van der Waals surface area (Å²) in [5.74, 6) is -0.470. The van der Waals surface area contributed by atoms with Gasteiger partial charge in [0.05, 0.1) is 5.56 Å². The van der Waals surface area contributed by atoms with E-state index in [9.17, 15) is 9.59 Å². The van der Waals surface area contributed by atoms with E-state index in [0.717, 1.165) is 62.3 Å². The molecule has 34 heavy (non-hydrogen) atoms. The van der Waals surface area contributed by atoms with E-state index in [1.807, 2.05) is 0 Å². The number of unbranched alkanes of at least 4 members (excludes halogenated alkanes) is 1. The van der Waals surface area contributed by atoms with Gasteiger partial charge >= 0.3 is 6.03 Å². The first-order valence-electron chi connectivity index (χ1n) is 12.5. The molecule has 4 N–H and O–H groups in total. The van der Waals surface area contributed by atoms with Crippen LogP contribution in [0, 0.1) is 0 Å². The molecule has 7 nitrogen and oxygen atoms in total. The molecule has 0 atom stereocenters. The molecule has 184 valence electrons. The van der Waals surface area contributed by atoms with Gasteiger partial charge in [-0.25, -0.2) is 4.79 Å². The second-order valence-corrected chi connectivity index (χ2v) is 10.4. The van der Waals surface area contributed by atoms with Gasteiger partial charge in [-0.3, -0.25) is 15.0 Å². The highest BCUT2D eigenvalue weighted by atomic mass is 32.1. The number of benzene rings is 1. The Morgan fingerprint density at radius 3 is 2.47 bits per heavy atom. The maximum atomic E-state index is 12.5. The second kappa shape index (κ2) is 11.8. The SMILES string of the molecule is CCc1ccc(CN2CCc3c(sc(NC(=O)NCCCCN4CCCC4)c3C(N)=O)C2)cc1. The van der Waals surface area contributed by atoms with Crippen LogP contribution in [0.15, 0.2) is 24.3 Å². The monoisotopic (exact) mass is 483 g/mol. The zero-order valence-electron chi connectivity index (χ0n) is 20.2. The number of rotatable bonds is 10. The highest BCUT2D eigenvalue weighted by Crippen LogP contribution is 2.37. The Hall–Kier alpha value is -2.42. The fourth-order valence-corrected chi connectivity index (χ4v) is 6.18. The summed E-state index contributed by atoms with van der Waals surface area (Å²) in [7, 11) is 0. The van der Waals surface area contributed by atoms with Gasteiger partial charge in [-0.05, 0) is 74.8 Å². The third kappa shape index (κ3) is 6.37. The van der Waals surface area contributed by atoms with Gasteiger partial charge in [0.15, 0.2) is 0 Å². The molecule has 2 aliphatic rings. The number of likely N-dealkylation sites (tertiary alicyclic amines) is 1. The molecule has 3 amide bonds. The summed E-state index contributed by atoms with van der Waals surface area (Å²) in [5, 5.41) is 6.40. The number of nitrogens with one attached hydrogen (secondary N) is 2. The summed E-state index contributed by atoms with van der Waals surface area (Å²) < 4.78 is 0. The van der Waals surface area contributed by atoms with Crippen molar-refractivity contribution in [2.75, 3.05) is 38.0 Å². The molecule has 1 aromatic carbocycles. The van der Waals surface area contributed by atoms with E-state index in [-0.39, 0.29) is 6.03 Å². The Bertz CT molecular complexity index is 982. The van der Waals surface area contributed by atoms with E-state index in [1.165, 1.54) is 48.4 Å². The molecule has 2 aliphatic heterocycles. The number of fused-ring (bicyclic) bond motifs is 1. The number of nitrogens with two attached hydrogens (primary N) is 1. The van der Waals surface area contributed by atoms with Crippen molar-refractivity contribution in [1.29, 1.82) is 0 Å². The number of amides is 3. The van der Waals surface area contributed by atoms with Gasteiger partial charge in [0.2, 0.25) is 0 Å². The highest BCUT2D eigenvalue weighted by molar-refractivity contribution is 7.17. The minimum Gasteiger partial charge on any atom is -0.365 e. The van der Waals surface area contributed by atoms with Crippen molar-refractivity contribution in [1.82, 2.24) is 15.1 Å². The van der Waals surface area contributed by atoms with Crippen LogP contribution in [0.1, 0.15) is 64.5 Å². The van der Waals surface area contributed by atoms with Crippen molar-refractivity contribution in [3.05, 3.63) is 51.4 Å². The molecule has 0 aliphatic carbocycles. The predicted octanol–water partition coefficient (Wildman–Crippen LogP) is 3.97. The molecule has 4 rings (SSSR count). The first kappa shape index (κ1) is 24.7. The Morgan fingerprint density at radius 2 is 1.76 bits per heavy atom. The van der Waals surface area contributed by atoms with Gasteiger partial charge in [-0.15, -0.1) is 11.3 Å². The average molecular weight is 484 g/mol. The molecule has 1 saturated heterocycles. The van der Waals surface area contributed by atoms with E-state index in [4.69, 9.17) is 5.73 Å². The number of hydrogen-bond donors (Lipinski definition) is 3. The third-order valence-corrected chi connectivity index (χ3v) is 7.96. The van der Waals surface area contributed by atoms with Crippen molar-refractivity contribution in [3.8, 4) is 0 Å². The predicted molar refractivity (Wildman–Crippen MR) is 138 cm³/mol. The van der Waals surface area contributed by atoms with Crippen molar-refractivity contribution < 1.29 is 9.59 Å². The first-order chi connectivity index (χ1) is 16.5. The van der Waals surface area contributed by atoms with E-state index in [1.54, 1.807) is 0 Å². The second-order valence-electron chi connectivity index (χ2n) is 9.34. The Kier molecular flexibility index (Phi) is 8.59. The van der Waals surface area contributed by atoms with Gasteiger partial charge in [0, 0.05) is 31.1 Å². The largest absolute Gasteiger partial charge is 0.365 e. The number of hydrogen-bond acceptors (Lipinski definition) is 5. The molecule has 0 saturated carbocycles. The Morgan fingerprint density at radius 1 is 1.03 bits per heavy atom. The van der Waals surface area contributed by atoms with Crippen LogP contribution < -0.4 is 16.4 Å². The number of nitrogens with zero attached hydrogens (tertiary/aromatic N) is 2. The number of urea groups is 1. The maximum absolute atomic E-state index is 12.5. The van der Waals surface area contributed by atoms with Crippen LogP contribution in [0.3, 0.4) is 0 Å². The van der Waals surface area contributed by atoms with Crippen LogP contribution in [0.2, 0.25) is 0 Å². The molecule has 2 aromatic rings. The van der Waals surface area contributed by atoms with E-state index in [0.29, 0.717) is 17.1 Å². The van der Waals surface area contributed by atoms with Crippen LogP contribution in [0.5, 0.6) is 0 Å². The maximum Gasteiger partial charge on any atom is 0.319 e. The fraction of sp³-hybridized carbons (Fsp3) is 0.538. The number of aryl methyl sites for hydroxylation is 1. The first-order valence-corrected chi connectivity index (χ1v) is 13.4. The summed E-state index contributed by atoms with van der Waals surface area (Å²) >= 11 is 1.48. The van der Waals surface area contributed by atoms with Crippen molar-refractivity contribution in [2.45, 2.75) is 58.5 Å². The number of thiophene rings is 1. The summed E-state index contributed by atoms with van der Waals surface area (Å²) in [6.45, 7) is 8.79. The summed E-state index contributed by atoms with van der Waals surface area (Å²) in [5.41, 5.74) is 9.83. The lowest BCUT2D eigenvalue weighted by molar-refractivity contribution is 0.0999. The minimum atomic E-state index is -0.470. The van der Waals surface area contributed by atoms with E-state index >= 15 is 0 Å². The highest BCUT2D eigenvalue weighted by Gasteiger charge is 2.27. The summed E-state index contributed by atoms with van der Waals surface area (Å²) in [4.78, 5) is 30.7. The number of carbonyl (C=O) groups excluding carboxylic acids is 2. The number of anilines is 1. The van der Waals surface area contributed by atoms with Crippen LogP contribution in [-0.4, -0.2) is 54.5 Å². The molecule has 8 heteroatoms. The van der Waals surface area contributed by atoms with Gasteiger partial charge in [0.1, 0.15) is 5.00 Å². The van der Waals surface area contributed by atoms with Gasteiger partial charge in [-0.2, -0.15) is 0 Å². The molecular formula is C26H37N5O2S. The molecule has 0 radical (unpaired) electrons. The molecule has 0 unspecified atom stereocenters. The molecular weight excluding hydrogens is 446 g/mol. The lowest BCUT2D eigenvalue weighted by Gasteiger charge is -2.27. The molecule has 0 bridgehead atoms. The lowest BCUT2D eigenvalue weighted by atomic mass is 10.0. The zero-order chi connectivity index (χ0) is 23.9. The normalized spacial score (nSPS) is 16.4. The fourth-order valence-electron chi connectivity index (χ4n) is 4.89.